The number of nitrogens with one attached hydrogen (secondary N) is 1. The number of alkyl halides is 3. The van der Waals surface area contributed by atoms with Crippen molar-refractivity contribution in [1.82, 2.24) is 4.90 Å². The van der Waals surface area contributed by atoms with Gasteiger partial charge in [-0.2, -0.15) is 13.2 Å². The van der Waals surface area contributed by atoms with Gasteiger partial charge in [0.2, 0.25) is 0 Å². The zero-order valence-corrected chi connectivity index (χ0v) is 13.0. The average molecular weight is 336 g/mol. The first-order valence-corrected chi connectivity index (χ1v) is 8.73. The third-order valence-electron chi connectivity index (χ3n) is 3.64. The van der Waals surface area contributed by atoms with Crippen LogP contribution < -0.4 is 5.32 Å². The Morgan fingerprint density at radius 1 is 1.27 bits per heavy atom. The molecule has 2 rings (SSSR count). The number of anilines is 1. The van der Waals surface area contributed by atoms with Crippen LogP contribution in [-0.4, -0.2) is 50.9 Å². The van der Waals surface area contributed by atoms with Gasteiger partial charge < -0.3 is 5.32 Å². The van der Waals surface area contributed by atoms with E-state index in [1.54, 1.807) is 19.1 Å². The molecule has 124 valence electrons. The van der Waals surface area contributed by atoms with Crippen LogP contribution in [0.2, 0.25) is 0 Å². The molecule has 0 amide bonds. The number of sulfone groups is 1. The van der Waals surface area contributed by atoms with Gasteiger partial charge in [0, 0.05) is 24.8 Å². The summed E-state index contributed by atoms with van der Waals surface area (Å²) in [6.45, 7) is 1.42. The van der Waals surface area contributed by atoms with Crippen molar-refractivity contribution in [1.29, 1.82) is 0 Å². The number of hydrogen-bond donors (Lipinski definition) is 1. The van der Waals surface area contributed by atoms with Gasteiger partial charge in [0.25, 0.3) is 0 Å². The third kappa shape index (κ3) is 4.61. The topological polar surface area (TPSA) is 49.4 Å². The molecule has 0 saturated carbocycles. The Balaban J connectivity index is 1.93. The second-order valence-electron chi connectivity index (χ2n) is 5.41. The summed E-state index contributed by atoms with van der Waals surface area (Å²) in [6.07, 6.45) is -3.55. The summed E-state index contributed by atoms with van der Waals surface area (Å²) in [5.74, 6) is 0.0365. The van der Waals surface area contributed by atoms with E-state index < -0.39 is 22.6 Å². The Bertz CT molecular complexity index is 600. The number of hydrogen-bond acceptors (Lipinski definition) is 4. The van der Waals surface area contributed by atoms with Crippen LogP contribution >= 0.6 is 0 Å². The second kappa shape index (κ2) is 6.45. The van der Waals surface area contributed by atoms with E-state index in [0.29, 0.717) is 25.2 Å². The van der Waals surface area contributed by atoms with Crippen molar-refractivity contribution in [2.75, 3.05) is 30.7 Å². The van der Waals surface area contributed by atoms with Gasteiger partial charge in [0.15, 0.2) is 9.84 Å². The van der Waals surface area contributed by atoms with Crippen molar-refractivity contribution in [3.8, 4) is 0 Å². The van der Waals surface area contributed by atoms with E-state index in [-0.39, 0.29) is 16.7 Å². The molecular weight excluding hydrogens is 317 g/mol. The highest BCUT2D eigenvalue weighted by atomic mass is 32.2. The minimum atomic E-state index is -4.18. The van der Waals surface area contributed by atoms with Gasteiger partial charge in [0.05, 0.1) is 17.2 Å². The number of halogens is 3. The van der Waals surface area contributed by atoms with Crippen LogP contribution in [0.25, 0.3) is 0 Å². The molecule has 8 heteroatoms. The maximum Gasteiger partial charge on any atom is 0.401 e. The van der Waals surface area contributed by atoms with Gasteiger partial charge in [-0.25, -0.2) is 8.42 Å². The minimum Gasteiger partial charge on any atom is -0.381 e. The molecule has 0 unspecified atom stereocenters. The molecular formula is C14H19F3N2O2S. The summed E-state index contributed by atoms with van der Waals surface area (Å²) in [6, 6.07) is 6.27. The van der Waals surface area contributed by atoms with Crippen molar-refractivity contribution < 1.29 is 21.6 Å². The van der Waals surface area contributed by atoms with Crippen LogP contribution in [0, 0.1) is 0 Å². The standard InChI is InChI=1S/C14H19F3N2O2S/c1-2-22(20,21)13-5-3-11(4-6-13)18-12-7-8-19(9-12)10-14(15,16)17/h3-6,12,18H,2,7-10H2,1H3/t12-/m1/s1. The molecule has 0 bridgehead atoms. The summed E-state index contributed by atoms with van der Waals surface area (Å²) in [4.78, 5) is 1.62. The average Bonchev–Trinajstić information content (AvgIpc) is 2.84. The lowest BCUT2D eigenvalue weighted by molar-refractivity contribution is -0.143. The van der Waals surface area contributed by atoms with Gasteiger partial charge in [-0.3, -0.25) is 4.90 Å². The molecule has 0 aromatic heterocycles. The molecule has 0 radical (unpaired) electrons. The van der Waals surface area contributed by atoms with Crippen LogP contribution in [-0.2, 0) is 9.84 Å². The zero-order chi connectivity index (χ0) is 16.4. The smallest absolute Gasteiger partial charge is 0.381 e. The van der Waals surface area contributed by atoms with Gasteiger partial charge in [-0.05, 0) is 30.7 Å². The van der Waals surface area contributed by atoms with E-state index in [1.165, 1.54) is 17.0 Å². The highest BCUT2D eigenvalue weighted by Gasteiger charge is 2.34. The first-order chi connectivity index (χ1) is 10.2. The first-order valence-electron chi connectivity index (χ1n) is 7.08. The van der Waals surface area contributed by atoms with Crippen LogP contribution in [0.15, 0.2) is 29.2 Å². The molecule has 4 nitrogen and oxygen atoms in total. The largest absolute Gasteiger partial charge is 0.401 e. The molecule has 1 aromatic carbocycles. The lowest BCUT2D eigenvalue weighted by Gasteiger charge is -2.18. The van der Waals surface area contributed by atoms with E-state index in [2.05, 4.69) is 5.32 Å². The molecule has 1 heterocycles. The Morgan fingerprint density at radius 2 is 1.91 bits per heavy atom. The molecule has 1 aliphatic heterocycles. The molecule has 1 aromatic rings. The number of benzene rings is 1. The van der Waals surface area contributed by atoms with Crippen LogP contribution in [0.4, 0.5) is 18.9 Å². The van der Waals surface area contributed by atoms with Crippen molar-refractivity contribution >= 4 is 15.5 Å². The summed E-state index contributed by atoms with van der Waals surface area (Å²) in [7, 11) is -3.23. The summed E-state index contributed by atoms with van der Waals surface area (Å²) in [5.41, 5.74) is 0.717. The number of rotatable bonds is 5. The Labute approximate surface area is 128 Å². The fourth-order valence-electron chi connectivity index (χ4n) is 2.51. The van der Waals surface area contributed by atoms with Gasteiger partial charge in [-0.15, -0.1) is 0 Å². The molecule has 0 aliphatic carbocycles. The molecule has 1 N–H and O–H groups in total. The molecule has 0 spiro atoms. The van der Waals surface area contributed by atoms with Crippen molar-refractivity contribution in [2.24, 2.45) is 0 Å². The van der Waals surface area contributed by atoms with E-state index in [1.807, 2.05) is 0 Å². The quantitative estimate of drug-likeness (QED) is 0.898. The highest BCUT2D eigenvalue weighted by molar-refractivity contribution is 7.91. The first kappa shape index (κ1) is 17.1. The van der Waals surface area contributed by atoms with E-state index in [9.17, 15) is 21.6 Å². The van der Waals surface area contributed by atoms with E-state index >= 15 is 0 Å². The molecule has 1 atom stereocenters. The highest BCUT2D eigenvalue weighted by Crippen LogP contribution is 2.22. The van der Waals surface area contributed by atoms with Crippen LogP contribution in [0.1, 0.15) is 13.3 Å². The lowest BCUT2D eigenvalue weighted by Crippen LogP contribution is -2.34. The van der Waals surface area contributed by atoms with Crippen LogP contribution in [0.3, 0.4) is 0 Å². The molecule has 1 saturated heterocycles. The second-order valence-corrected chi connectivity index (χ2v) is 7.69. The van der Waals surface area contributed by atoms with Crippen molar-refractivity contribution in [2.45, 2.75) is 30.5 Å². The summed E-state index contributed by atoms with van der Waals surface area (Å²) in [5, 5.41) is 3.15. The van der Waals surface area contributed by atoms with Crippen molar-refractivity contribution in [3.05, 3.63) is 24.3 Å². The lowest BCUT2D eigenvalue weighted by atomic mass is 10.2. The monoisotopic (exact) mass is 336 g/mol. The van der Waals surface area contributed by atoms with Crippen LogP contribution in [0.5, 0.6) is 0 Å². The SMILES string of the molecule is CCS(=O)(=O)c1ccc(N[C@@H]2CCN(CC(F)(F)F)C2)cc1. The predicted molar refractivity (Wildman–Crippen MR) is 78.7 cm³/mol. The minimum absolute atomic E-state index is 0.0365. The molecule has 22 heavy (non-hydrogen) atoms. The number of nitrogens with zero attached hydrogens (tertiary/aromatic N) is 1. The zero-order valence-electron chi connectivity index (χ0n) is 12.2. The Kier molecular flexibility index (Phi) is 5.01. The summed E-state index contributed by atoms with van der Waals surface area (Å²) < 4.78 is 60.4. The fraction of sp³-hybridized carbons (Fsp3) is 0.571. The third-order valence-corrected chi connectivity index (χ3v) is 5.39. The number of likely N-dealkylation sites (tertiary alicyclic amines) is 1. The predicted octanol–water partition coefficient (Wildman–Crippen LogP) is 2.53. The normalized spacial score (nSPS) is 20.3. The maximum absolute atomic E-state index is 12.3. The maximum atomic E-state index is 12.3. The van der Waals surface area contributed by atoms with E-state index in [4.69, 9.17) is 0 Å². The molecule has 1 fully saturated rings. The van der Waals surface area contributed by atoms with Gasteiger partial charge in [-0.1, -0.05) is 6.92 Å². The van der Waals surface area contributed by atoms with Crippen molar-refractivity contribution in [3.63, 3.8) is 0 Å². The van der Waals surface area contributed by atoms with E-state index in [0.717, 1.165) is 0 Å². The molecule has 1 aliphatic rings. The van der Waals surface area contributed by atoms with Gasteiger partial charge >= 0.3 is 6.18 Å². The van der Waals surface area contributed by atoms with Gasteiger partial charge in [0.1, 0.15) is 0 Å². The fourth-order valence-corrected chi connectivity index (χ4v) is 3.39. The summed E-state index contributed by atoms with van der Waals surface area (Å²) >= 11 is 0. The Hall–Kier alpha value is -1.28. The Morgan fingerprint density at radius 3 is 2.45 bits per heavy atom.